The van der Waals surface area contributed by atoms with Gasteiger partial charge in [0.2, 0.25) is 0 Å². The third-order valence-electron chi connectivity index (χ3n) is 2.37. The van der Waals surface area contributed by atoms with Crippen LogP contribution < -0.4 is 10.6 Å². The molecule has 0 aliphatic rings. The van der Waals surface area contributed by atoms with Gasteiger partial charge in [-0.3, -0.25) is 15.5 Å². The van der Waals surface area contributed by atoms with Gasteiger partial charge in [0, 0.05) is 17.8 Å². The number of halogens is 2. The quantitative estimate of drug-likeness (QED) is 0.442. The number of hydrogen-bond donors (Lipinski definition) is 3. The first-order chi connectivity index (χ1) is 9.92. The Morgan fingerprint density at radius 3 is 2.68 bits per heavy atom. The lowest BCUT2D eigenvalue weighted by molar-refractivity contribution is -0.143. The highest BCUT2D eigenvalue weighted by Gasteiger charge is 2.13. The van der Waals surface area contributed by atoms with Gasteiger partial charge in [0.15, 0.2) is 5.96 Å². The van der Waals surface area contributed by atoms with Crippen molar-refractivity contribution in [3.8, 4) is 0 Å². The molecule has 0 saturated heterocycles. The molecular formula is C13H18Cl2N4O3. The lowest BCUT2D eigenvalue weighted by Gasteiger charge is -2.19. The summed E-state index contributed by atoms with van der Waals surface area (Å²) >= 11 is 5.80. The van der Waals surface area contributed by atoms with Crippen LogP contribution in [-0.4, -0.2) is 43.1 Å². The zero-order valence-electron chi connectivity index (χ0n) is 12.2. The van der Waals surface area contributed by atoms with Crippen LogP contribution in [0.15, 0.2) is 24.3 Å². The maximum Gasteiger partial charge on any atom is 0.325 e. The van der Waals surface area contributed by atoms with Crippen LogP contribution in [0.25, 0.3) is 0 Å². The maximum atomic E-state index is 11.7. The highest BCUT2D eigenvalue weighted by atomic mass is 35.5. The molecular weight excluding hydrogens is 331 g/mol. The summed E-state index contributed by atoms with van der Waals surface area (Å²) in [4.78, 5) is 24.2. The zero-order chi connectivity index (χ0) is 15.8. The summed E-state index contributed by atoms with van der Waals surface area (Å²) in [6, 6.07) is 6.01. The molecule has 0 aliphatic carbocycles. The molecule has 0 spiro atoms. The number of ether oxygens (including phenoxy) is 1. The van der Waals surface area contributed by atoms with E-state index in [4.69, 9.17) is 21.7 Å². The van der Waals surface area contributed by atoms with E-state index < -0.39 is 12.0 Å². The number of urea groups is 1. The number of nitrogens with zero attached hydrogens (tertiary/aromatic N) is 1. The molecule has 0 aliphatic heterocycles. The summed E-state index contributed by atoms with van der Waals surface area (Å²) in [5.41, 5.74) is 0.501. The van der Waals surface area contributed by atoms with E-state index in [-0.39, 0.29) is 31.5 Å². The van der Waals surface area contributed by atoms with E-state index in [0.717, 1.165) is 0 Å². The van der Waals surface area contributed by atoms with Crippen molar-refractivity contribution in [3.63, 3.8) is 0 Å². The van der Waals surface area contributed by atoms with E-state index in [9.17, 15) is 9.59 Å². The maximum absolute atomic E-state index is 11.7. The van der Waals surface area contributed by atoms with Crippen LogP contribution in [0.2, 0.25) is 5.02 Å². The predicted octanol–water partition coefficient (Wildman–Crippen LogP) is 2.31. The number of hydrogen-bond acceptors (Lipinski definition) is 4. The van der Waals surface area contributed by atoms with Crippen molar-refractivity contribution < 1.29 is 14.3 Å². The summed E-state index contributed by atoms with van der Waals surface area (Å²) < 4.78 is 4.76. The summed E-state index contributed by atoms with van der Waals surface area (Å²) in [6.45, 7) is 1.84. The second-order valence-electron chi connectivity index (χ2n) is 4.10. The fourth-order valence-electron chi connectivity index (χ4n) is 1.41. The van der Waals surface area contributed by atoms with E-state index in [0.29, 0.717) is 10.7 Å². The SMILES string of the molecule is CCOC(=O)CN(C)C(=N)NC(=O)Nc1cccc(Cl)c1.Cl. The normalized spacial score (nSPS) is 9.23. The van der Waals surface area contributed by atoms with Gasteiger partial charge in [-0.05, 0) is 25.1 Å². The van der Waals surface area contributed by atoms with Crippen molar-refractivity contribution in [1.82, 2.24) is 10.2 Å². The number of rotatable bonds is 4. The number of anilines is 1. The van der Waals surface area contributed by atoms with E-state index in [1.165, 1.54) is 11.9 Å². The smallest absolute Gasteiger partial charge is 0.325 e. The molecule has 1 aromatic carbocycles. The summed E-state index contributed by atoms with van der Waals surface area (Å²) in [5, 5.41) is 13.0. The Labute approximate surface area is 139 Å². The van der Waals surface area contributed by atoms with Crippen molar-refractivity contribution in [2.45, 2.75) is 6.92 Å². The van der Waals surface area contributed by atoms with Crippen molar-refractivity contribution in [1.29, 1.82) is 5.41 Å². The molecule has 0 radical (unpaired) electrons. The van der Waals surface area contributed by atoms with Gasteiger partial charge < -0.3 is 15.0 Å². The molecule has 0 saturated carbocycles. The third-order valence-corrected chi connectivity index (χ3v) is 2.60. The van der Waals surface area contributed by atoms with Gasteiger partial charge in [-0.25, -0.2) is 4.79 Å². The monoisotopic (exact) mass is 348 g/mol. The van der Waals surface area contributed by atoms with Crippen LogP contribution in [0.5, 0.6) is 0 Å². The molecule has 0 unspecified atom stereocenters. The first-order valence-corrected chi connectivity index (χ1v) is 6.59. The van der Waals surface area contributed by atoms with Gasteiger partial charge in [-0.2, -0.15) is 0 Å². The Balaban J connectivity index is 0.00000441. The Morgan fingerprint density at radius 1 is 1.41 bits per heavy atom. The van der Waals surface area contributed by atoms with Crippen LogP contribution >= 0.6 is 24.0 Å². The van der Waals surface area contributed by atoms with E-state index in [1.54, 1.807) is 31.2 Å². The third kappa shape index (κ3) is 7.14. The van der Waals surface area contributed by atoms with Crippen LogP contribution in [-0.2, 0) is 9.53 Å². The van der Waals surface area contributed by atoms with E-state index >= 15 is 0 Å². The van der Waals surface area contributed by atoms with Crippen LogP contribution in [0.1, 0.15) is 6.92 Å². The van der Waals surface area contributed by atoms with Gasteiger partial charge in [0.1, 0.15) is 6.54 Å². The van der Waals surface area contributed by atoms with Gasteiger partial charge in [0.25, 0.3) is 0 Å². The molecule has 1 rings (SSSR count). The molecule has 2 amide bonds. The molecule has 3 N–H and O–H groups in total. The number of esters is 1. The average Bonchev–Trinajstić information content (AvgIpc) is 2.38. The number of carbonyl (C=O) groups excluding carboxylic acids is 2. The molecule has 1 aromatic rings. The van der Waals surface area contributed by atoms with Crippen molar-refractivity contribution in [2.75, 3.05) is 25.5 Å². The topological polar surface area (TPSA) is 94.5 Å². The van der Waals surface area contributed by atoms with Crippen molar-refractivity contribution in [3.05, 3.63) is 29.3 Å². The Hall–Kier alpha value is -1.99. The van der Waals surface area contributed by atoms with Crippen molar-refractivity contribution in [2.24, 2.45) is 0 Å². The lowest BCUT2D eigenvalue weighted by Crippen LogP contribution is -2.45. The van der Waals surface area contributed by atoms with Crippen molar-refractivity contribution >= 4 is 47.7 Å². The molecule has 0 bridgehead atoms. The molecule has 7 nitrogen and oxygen atoms in total. The predicted molar refractivity (Wildman–Crippen MR) is 87.8 cm³/mol. The number of likely N-dealkylation sites (N-methyl/N-ethyl adjacent to an activating group) is 1. The molecule has 0 heterocycles. The Bertz CT molecular complexity index is 540. The molecule has 0 fully saturated rings. The minimum Gasteiger partial charge on any atom is -0.465 e. The zero-order valence-corrected chi connectivity index (χ0v) is 13.8. The van der Waals surface area contributed by atoms with Gasteiger partial charge in [-0.15, -0.1) is 12.4 Å². The first kappa shape index (κ1) is 20.0. The van der Waals surface area contributed by atoms with Gasteiger partial charge in [-0.1, -0.05) is 17.7 Å². The van der Waals surface area contributed by atoms with Gasteiger partial charge >= 0.3 is 12.0 Å². The molecule has 122 valence electrons. The van der Waals surface area contributed by atoms with E-state index in [1.807, 2.05) is 0 Å². The number of guanidine groups is 1. The average molecular weight is 349 g/mol. The number of nitrogens with one attached hydrogen (secondary N) is 3. The number of benzene rings is 1. The second-order valence-corrected chi connectivity index (χ2v) is 4.54. The highest BCUT2D eigenvalue weighted by molar-refractivity contribution is 6.30. The highest BCUT2D eigenvalue weighted by Crippen LogP contribution is 2.14. The summed E-state index contributed by atoms with van der Waals surface area (Å²) in [6.07, 6.45) is 0. The number of carbonyl (C=O) groups is 2. The van der Waals surface area contributed by atoms with Crippen LogP contribution in [0.3, 0.4) is 0 Å². The minimum atomic E-state index is -0.599. The Kier molecular flexibility index (Phi) is 8.97. The standard InChI is InChI=1S/C13H17ClN4O3.ClH/c1-3-21-11(19)8-18(2)12(15)17-13(20)16-10-6-4-5-9(14)7-10;/h4-7H,3,8H2,1-2H3,(H3,15,16,17,20);1H. The van der Waals surface area contributed by atoms with Crippen LogP contribution in [0, 0.1) is 5.41 Å². The first-order valence-electron chi connectivity index (χ1n) is 6.21. The fourth-order valence-corrected chi connectivity index (χ4v) is 1.60. The lowest BCUT2D eigenvalue weighted by atomic mass is 10.3. The van der Waals surface area contributed by atoms with Crippen LogP contribution in [0.4, 0.5) is 10.5 Å². The number of amides is 2. The molecule has 9 heteroatoms. The summed E-state index contributed by atoms with van der Waals surface area (Å²) in [7, 11) is 1.50. The minimum absolute atomic E-state index is 0. The molecule has 22 heavy (non-hydrogen) atoms. The molecule has 0 atom stereocenters. The van der Waals surface area contributed by atoms with Gasteiger partial charge in [0.05, 0.1) is 6.61 Å². The Morgan fingerprint density at radius 2 is 2.09 bits per heavy atom. The fraction of sp³-hybridized carbons (Fsp3) is 0.308. The second kappa shape index (κ2) is 9.86. The van der Waals surface area contributed by atoms with E-state index in [2.05, 4.69) is 10.6 Å². The largest absolute Gasteiger partial charge is 0.465 e. The summed E-state index contributed by atoms with van der Waals surface area (Å²) in [5.74, 6) is -0.690. The molecule has 0 aromatic heterocycles.